The van der Waals surface area contributed by atoms with Gasteiger partial charge in [-0.15, -0.1) is 0 Å². The Hall–Kier alpha value is -1.55. The molecule has 0 amide bonds. The maximum absolute atomic E-state index is 10.9. The number of carboxylic acid groups (broad SMARTS) is 1. The van der Waals surface area contributed by atoms with Crippen LogP contribution in [0.15, 0.2) is 24.3 Å². The number of rotatable bonds is 7. The number of carboxylic acids is 1. The van der Waals surface area contributed by atoms with Crippen molar-refractivity contribution in [2.24, 2.45) is 0 Å². The van der Waals surface area contributed by atoms with Crippen molar-refractivity contribution in [3.05, 3.63) is 29.8 Å². The molecule has 1 aromatic carbocycles. The summed E-state index contributed by atoms with van der Waals surface area (Å²) >= 11 is 0. The molecular weight excluding hydrogens is 266 g/mol. The second-order valence-electron chi connectivity index (χ2n) is 5.60. The van der Waals surface area contributed by atoms with E-state index in [1.54, 1.807) is 18.2 Å². The summed E-state index contributed by atoms with van der Waals surface area (Å²) in [5.41, 5.74) is 0.270. The van der Waals surface area contributed by atoms with Gasteiger partial charge >= 0.3 is 5.97 Å². The van der Waals surface area contributed by atoms with Crippen molar-refractivity contribution in [2.45, 2.75) is 45.1 Å². The van der Waals surface area contributed by atoms with Crippen LogP contribution in [-0.2, 0) is 0 Å². The maximum Gasteiger partial charge on any atom is 0.335 e. The first-order valence-electron chi connectivity index (χ1n) is 7.91. The third-order valence-electron chi connectivity index (χ3n) is 4.23. The molecule has 0 radical (unpaired) electrons. The summed E-state index contributed by atoms with van der Waals surface area (Å²) < 4.78 is 5.71. The van der Waals surface area contributed by atoms with E-state index in [2.05, 4.69) is 11.8 Å². The van der Waals surface area contributed by atoms with Gasteiger partial charge in [-0.3, -0.25) is 4.90 Å². The van der Waals surface area contributed by atoms with Crippen molar-refractivity contribution in [1.29, 1.82) is 0 Å². The zero-order valence-corrected chi connectivity index (χ0v) is 12.8. The van der Waals surface area contributed by atoms with Gasteiger partial charge in [0, 0.05) is 12.6 Å². The Morgan fingerprint density at radius 3 is 2.76 bits per heavy atom. The lowest BCUT2D eigenvalue weighted by Gasteiger charge is -2.33. The van der Waals surface area contributed by atoms with Gasteiger partial charge in [-0.1, -0.05) is 32.3 Å². The van der Waals surface area contributed by atoms with E-state index in [0.29, 0.717) is 18.4 Å². The average Bonchev–Trinajstić information content (AvgIpc) is 2.53. The molecular formula is C17H25NO3. The summed E-state index contributed by atoms with van der Waals surface area (Å²) in [6, 6.07) is 7.38. The van der Waals surface area contributed by atoms with Crippen molar-refractivity contribution >= 4 is 5.97 Å². The Balaban J connectivity index is 1.82. The highest BCUT2D eigenvalue weighted by molar-refractivity contribution is 5.87. The monoisotopic (exact) mass is 291 g/mol. The molecule has 1 fully saturated rings. The van der Waals surface area contributed by atoms with Gasteiger partial charge in [0.2, 0.25) is 0 Å². The summed E-state index contributed by atoms with van der Waals surface area (Å²) in [6.07, 6.45) is 6.63. The number of aromatic carboxylic acids is 1. The summed E-state index contributed by atoms with van der Waals surface area (Å²) in [5.74, 6) is -0.285. The largest absolute Gasteiger partial charge is 0.492 e. The number of benzene rings is 1. The van der Waals surface area contributed by atoms with Crippen molar-refractivity contribution in [3.63, 3.8) is 0 Å². The molecule has 0 atom stereocenters. The number of ether oxygens (including phenoxy) is 1. The molecule has 0 bridgehead atoms. The Bertz CT molecular complexity index is 455. The Labute approximate surface area is 126 Å². The molecule has 1 saturated carbocycles. The van der Waals surface area contributed by atoms with Crippen molar-refractivity contribution in [1.82, 2.24) is 4.90 Å². The molecule has 0 unspecified atom stereocenters. The highest BCUT2D eigenvalue weighted by Crippen LogP contribution is 2.22. The molecule has 0 heterocycles. The van der Waals surface area contributed by atoms with Gasteiger partial charge in [0.1, 0.15) is 12.4 Å². The fourth-order valence-electron chi connectivity index (χ4n) is 3.04. The Kier molecular flexibility index (Phi) is 6.05. The molecule has 0 aromatic heterocycles. The number of nitrogens with zero attached hydrogens (tertiary/aromatic N) is 1. The topological polar surface area (TPSA) is 49.8 Å². The molecule has 0 spiro atoms. The van der Waals surface area contributed by atoms with Crippen molar-refractivity contribution in [2.75, 3.05) is 19.7 Å². The van der Waals surface area contributed by atoms with Crippen molar-refractivity contribution in [3.8, 4) is 5.75 Å². The van der Waals surface area contributed by atoms with E-state index in [9.17, 15) is 4.79 Å². The molecule has 0 saturated heterocycles. The fourth-order valence-corrected chi connectivity index (χ4v) is 3.04. The first kappa shape index (κ1) is 15.8. The van der Waals surface area contributed by atoms with Crippen LogP contribution in [0.4, 0.5) is 0 Å². The lowest BCUT2D eigenvalue weighted by atomic mass is 9.94. The minimum atomic E-state index is -0.919. The van der Waals surface area contributed by atoms with Crippen LogP contribution in [0.2, 0.25) is 0 Å². The Morgan fingerprint density at radius 2 is 2.10 bits per heavy atom. The maximum atomic E-state index is 10.9. The molecule has 0 aliphatic heterocycles. The minimum absolute atomic E-state index is 0.270. The van der Waals surface area contributed by atoms with Gasteiger partial charge in [0.15, 0.2) is 0 Å². The van der Waals surface area contributed by atoms with E-state index in [1.807, 2.05) is 6.07 Å². The summed E-state index contributed by atoms with van der Waals surface area (Å²) in [7, 11) is 0. The molecule has 4 heteroatoms. The molecule has 1 aliphatic rings. The minimum Gasteiger partial charge on any atom is -0.492 e. The van der Waals surface area contributed by atoms with Crippen molar-refractivity contribution < 1.29 is 14.6 Å². The van der Waals surface area contributed by atoms with Gasteiger partial charge in [0.25, 0.3) is 0 Å². The number of carbonyl (C=O) groups is 1. The van der Waals surface area contributed by atoms with E-state index in [4.69, 9.17) is 9.84 Å². The van der Waals surface area contributed by atoms with Gasteiger partial charge in [-0.25, -0.2) is 4.79 Å². The molecule has 1 N–H and O–H groups in total. The summed E-state index contributed by atoms with van der Waals surface area (Å²) in [6.45, 7) is 4.74. The second kappa shape index (κ2) is 8.03. The third-order valence-corrected chi connectivity index (χ3v) is 4.23. The lowest BCUT2D eigenvalue weighted by Crippen LogP contribution is -2.39. The average molecular weight is 291 g/mol. The predicted octanol–water partition coefficient (Wildman–Crippen LogP) is 3.42. The fraction of sp³-hybridized carbons (Fsp3) is 0.588. The molecule has 1 aliphatic carbocycles. The standard InChI is InChI=1S/C17H25NO3/c1-2-18(15-8-4-3-5-9-15)11-12-21-16-10-6-7-14(13-16)17(19)20/h6-7,10,13,15H,2-5,8-9,11-12H2,1H3,(H,19,20). The number of hydrogen-bond acceptors (Lipinski definition) is 3. The van der Waals surface area contributed by atoms with Crippen LogP contribution in [-0.4, -0.2) is 41.7 Å². The molecule has 21 heavy (non-hydrogen) atoms. The van der Waals surface area contributed by atoms with Crippen LogP contribution < -0.4 is 4.74 Å². The van der Waals surface area contributed by atoms with Crippen LogP contribution in [0, 0.1) is 0 Å². The highest BCUT2D eigenvalue weighted by atomic mass is 16.5. The van der Waals surface area contributed by atoms with Crippen LogP contribution in [0.1, 0.15) is 49.4 Å². The van der Waals surface area contributed by atoms with Gasteiger partial charge < -0.3 is 9.84 Å². The molecule has 116 valence electrons. The molecule has 1 aromatic rings. The smallest absolute Gasteiger partial charge is 0.335 e. The van der Waals surface area contributed by atoms with Crippen LogP contribution in [0.25, 0.3) is 0 Å². The zero-order chi connectivity index (χ0) is 15.1. The highest BCUT2D eigenvalue weighted by Gasteiger charge is 2.19. The SMILES string of the molecule is CCN(CCOc1cccc(C(=O)O)c1)C1CCCCC1. The first-order valence-corrected chi connectivity index (χ1v) is 7.91. The summed E-state index contributed by atoms with van der Waals surface area (Å²) in [4.78, 5) is 13.4. The van der Waals surface area contributed by atoms with E-state index in [1.165, 1.54) is 32.1 Å². The zero-order valence-electron chi connectivity index (χ0n) is 12.8. The molecule has 4 nitrogen and oxygen atoms in total. The van der Waals surface area contributed by atoms with E-state index in [0.717, 1.165) is 13.1 Å². The van der Waals surface area contributed by atoms with E-state index < -0.39 is 5.97 Å². The lowest BCUT2D eigenvalue weighted by molar-refractivity contribution is 0.0696. The van der Waals surface area contributed by atoms with Crippen LogP contribution in [0.5, 0.6) is 5.75 Å². The third kappa shape index (κ3) is 4.74. The Morgan fingerprint density at radius 1 is 1.33 bits per heavy atom. The molecule has 2 rings (SSSR count). The number of likely N-dealkylation sites (N-methyl/N-ethyl adjacent to an activating group) is 1. The van der Waals surface area contributed by atoms with Crippen LogP contribution >= 0.6 is 0 Å². The summed E-state index contributed by atoms with van der Waals surface area (Å²) in [5, 5.41) is 8.97. The predicted molar refractivity (Wildman–Crippen MR) is 83.0 cm³/mol. The van der Waals surface area contributed by atoms with Gasteiger partial charge in [0.05, 0.1) is 5.56 Å². The normalized spacial score (nSPS) is 16.1. The quantitative estimate of drug-likeness (QED) is 0.836. The van der Waals surface area contributed by atoms with Gasteiger partial charge in [-0.05, 0) is 37.6 Å². The van der Waals surface area contributed by atoms with E-state index in [-0.39, 0.29) is 5.56 Å². The van der Waals surface area contributed by atoms with Crippen LogP contribution in [0.3, 0.4) is 0 Å². The van der Waals surface area contributed by atoms with E-state index >= 15 is 0 Å². The van der Waals surface area contributed by atoms with Gasteiger partial charge in [-0.2, -0.15) is 0 Å². The first-order chi connectivity index (χ1) is 10.2. The second-order valence-corrected chi connectivity index (χ2v) is 5.60. The number of hydrogen-bond donors (Lipinski definition) is 1.